The number of nitrogens with one attached hydrogen (secondary N) is 1. The molecule has 0 aliphatic heterocycles. The summed E-state index contributed by atoms with van der Waals surface area (Å²) in [4.78, 5) is -0.999. The molecule has 0 aliphatic carbocycles. The number of anilines is 1. The van der Waals surface area contributed by atoms with Gasteiger partial charge in [0.1, 0.15) is 22.5 Å². The molecule has 5 nitrogen and oxygen atoms in total. The summed E-state index contributed by atoms with van der Waals surface area (Å²) in [6.07, 6.45) is -4.80. The van der Waals surface area contributed by atoms with Crippen molar-refractivity contribution in [3.63, 3.8) is 0 Å². The largest absolute Gasteiger partial charge is 0.476 e. The fourth-order valence-corrected chi connectivity index (χ4v) is 3.92. The zero-order valence-corrected chi connectivity index (χ0v) is 18.7. The molecule has 1 heterocycles. The van der Waals surface area contributed by atoms with E-state index in [4.69, 9.17) is 23.2 Å². The van der Waals surface area contributed by atoms with Gasteiger partial charge in [-0.1, -0.05) is 42.3 Å². The molecule has 0 fully saturated rings. The van der Waals surface area contributed by atoms with Gasteiger partial charge < -0.3 is 5.32 Å². The third-order valence-corrected chi connectivity index (χ3v) is 6.07. The van der Waals surface area contributed by atoms with E-state index < -0.39 is 60.2 Å². The first-order valence-corrected chi connectivity index (χ1v) is 10.5. The Morgan fingerprint density at radius 3 is 2.22 bits per heavy atom. The molecule has 0 aliphatic rings. The SMILES string of the molecule is C=C(C)C(C)CNc1c(S(=O)C(F)(F)F)c(C#N)nn1-c1c(Cl)cc(C(F)(F)F)cc1Cl. The highest BCUT2D eigenvalue weighted by atomic mass is 35.5. The predicted molar refractivity (Wildman–Crippen MR) is 108 cm³/mol. The molecule has 174 valence electrons. The summed E-state index contributed by atoms with van der Waals surface area (Å²) in [5.74, 6) is -0.830. The van der Waals surface area contributed by atoms with Crippen molar-refractivity contribution in [1.82, 2.24) is 9.78 Å². The van der Waals surface area contributed by atoms with Gasteiger partial charge in [0.15, 0.2) is 16.5 Å². The molecule has 0 amide bonds. The van der Waals surface area contributed by atoms with E-state index in [9.17, 15) is 35.8 Å². The predicted octanol–water partition coefficient (Wildman–Crippen LogP) is 6.32. The van der Waals surface area contributed by atoms with Crippen LogP contribution in [-0.2, 0) is 17.0 Å². The maximum Gasteiger partial charge on any atom is 0.476 e. The standard InChI is InChI=1S/C18H14Cl2F6N4OS/c1-8(2)9(3)7-28-16-15(32(31)18(24,25)26)13(6-27)29-30(16)14-11(19)4-10(5-12(14)20)17(21,22)23/h4-5,9,28H,1,7H2,2-3H3. The van der Waals surface area contributed by atoms with Gasteiger partial charge in [-0.15, -0.1) is 0 Å². The van der Waals surface area contributed by atoms with Gasteiger partial charge >= 0.3 is 11.7 Å². The lowest BCUT2D eigenvalue weighted by Gasteiger charge is -2.18. The summed E-state index contributed by atoms with van der Waals surface area (Å²) in [5.41, 5.74) is -7.07. The van der Waals surface area contributed by atoms with E-state index in [2.05, 4.69) is 17.0 Å². The van der Waals surface area contributed by atoms with Gasteiger partial charge in [0.25, 0.3) is 0 Å². The molecule has 1 aromatic heterocycles. The van der Waals surface area contributed by atoms with E-state index in [1.165, 1.54) is 6.07 Å². The molecule has 0 saturated heterocycles. The molecular weight excluding hydrogens is 505 g/mol. The fraction of sp³-hybridized carbons (Fsp3) is 0.333. The van der Waals surface area contributed by atoms with Crippen LogP contribution in [0, 0.1) is 17.2 Å². The number of nitriles is 1. The zero-order valence-electron chi connectivity index (χ0n) is 16.3. The second kappa shape index (κ2) is 9.33. The van der Waals surface area contributed by atoms with E-state index >= 15 is 0 Å². The molecule has 0 spiro atoms. The van der Waals surface area contributed by atoms with Crippen LogP contribution in [0.15, 0.2) is 29.2 Å². The second-order valence-electron chi connectivity index (χ2n) is 6.68. The lowest BCUT2D eigenvalue weighted by molar-refractivity contribution is -0.137. The van der Waals surface area contributed by atoms with Crippen LogP contribution in [0.2, 0.25) is 10.0 Å². The number of benzene rings is 1. The number of hydrogen-bond donors (Lipinski definition) is 1. The molecule has 2 atom stereocenters. The molecule has 0 radical (unpaired) electrons. The average Bonchev–Trinajstić information content (AvgIpc) is 3.01. The summed E-state index contributed by atoms with van der Waals surface area (Å²) < 4.78 is 91.7. The molecular formula is C18H14Cl2F6N4OS. The number of rotatable bonds is 6. The van der Waals surface area contributed by atoms with Crippen molar-refractivity contribution in [2.75, 3.05) is 11.9 Å². The Morgan fingerprint density at radius 2 is 1.81 bits per heavy atom. The third-order valence-electron chi connectivity index (χ3n) is 4.32. The topological polar surface area (TPSA) is 70.7 Å². The average molecular weight is 519 g/mol. The van der Waals surface area contributed by atoms with E-state index in [-0.39, 0.29) is 12.5 Å². The second-order valence-corrected chi connectivity index (χ2v) is 8.90. The van der Waals surface area contributed by atoms with Gasteiger partial charge in [-0.25, -0.2) is 8.89 Å². The fourth-order valence-electron chi connectivity index (χ4n) is 2.44. The van der Waals surface area contributed by atoms with Crippen LogP contribution in [0.1, 0.15) is 25.1 Å². The third kappa shape index (κ3) is 5.39. The maximum atomic E-state index is 13.2. The molecule has 14 heteroatoms. The van der Waals surface area contributed by atoms with E-state index in [0.29, 0.717) is 22.4 Å². The number of halogens is 8. The zero-order chi connectivity index (χ0) is 24.6. The summed E-state index contributed by atoms with van der Waals surface area (Å²) in [6.45, 7) is 7.06. The van der Waals surface area contributed by atoms with Crippen LogP contribution in [0.3, 0.4) is 0 Å². The highest BCUT2D eigenvalue weighted by Gasteiger charge is 2.43. The Hall–Kier alpha value is -2.23. The number of alkyl halides is 6. The van der Waals surface area contributed by atoms with Gasteiger partial charge in [0.05, 0.1) is 15.6 Å². The normalized spacial score (nSPS) is 14.0. The van der Waals surface area contributed by atoms with Gasteiger partial charge in [-0.2, -0.15) is 36.7 Å². The van der Waals surface area contributed by atoms with Crippen molar-refractivity contribution in [3.05, 3.63) is 45.6 Å². The summed E-state index contributed by atoms with van der Waals surface area (Å²) in [6, 6.07) is 2.44. The summed E-state index contributed by atoms with van der Waals surface area (Å²) in [5, 5.41) is 14.4. The molecule has 2 aromatic rings. The molecule has 0 saturated carbocycles. The maximum absolute atomic E-state index is 13.2. The van der Waals surface area contributed by atoms with Gasteiger partial charge in [-0.05, 0) is 25.0 Å². The van der Waals surface area contributed by atoms with Crippen LogP contribution in [-0.4, -0.2) is 26.0 Å². The Morgan fingerprint density at radius 1 is 1.28 bits per heavy atom. The molecule has 2 unspecified atom stereocenters. The number of hydrogen-bond acceptors (Lipinski definition) is 4. The minimum atomic E-state index is -5.25. The lowest BCUT2D eigenvalue weighted by Crippen LogP contribution is -2.20. The summed E-state index contributed by atoms with van der Waals surface area (Å²) in [7, 11) is -3.69. The molecule has 1 aromatic carbocycles. The Labute approximate surface area is 191 Å². The highest BCUT2D eigenvalue weighted by Crippen LogP contribution is 2.41. The lowest BCUT2D eigenvalue weighted by atomic mass is 10.1. The Balaban J connectivity index is 2.81. The number of nitrogens with zero attached hydrogens (tertiary/aromatic N) is 3. The van der Waals surface area contributed by atoms with Gasteiger partial charge in [-0.3, -0.25) is 0 Å². The first-order chi connectivity index (χ1) is 14.6. The minimum absolute atomic E-state index is 0.0240. The molecule has 1 N–H and O–H groups in total. The van der Waals surface area contributed by atoms with Crippen LogP contribution in [0.4, 0.5) is 32.2 Å². The van der Waals surface area contributed by atoms with Crippen molar-refractivity contribution in [2.24, 2.45) is 5.92 Å². The van der Waals surface area contributed by atoms with Crippen LogP contribution < -0.4 is 5.32 Å². The minimum Gasteiger partial charge on any atom is -0.368 e. The monoisotopic (exact) mass is 518 g/mol. The van der Waals surface area contributed by atoms with Gasteiger partial charge in [0.2, 0.25) is 0 Å². The van der Waals surface area contributed by atoms with Crippen molar-refractivity contribution in [1.29, 1.82) is 5.26 Å². The van der Waals surface area contributed by atoms with E-state index in [0.717, 1.165) is 0 Å². The number of aromatic nitrogens is 2. The first kappa shape index (κ1) is 26.0. The first-order valence-electron chi connectivity index (χ1n) is 8.57. The van der Waals surface area contributed by atoms with E-state index in [1.807, 2.05) is 0 Å². The van der Waals surface area contributed by atoms with Crippen molar-refractivity contribution >= 4 is 39.8 Å². The summed E-state index contributed by atoms with van der Waals surface area (Å²) >= 11 is 11.9. The van der Waals surface area contributed by atoms with Gasteiger partial charge in [0, 0.05) is 6.54 Å². The highest BCUT2D eigenvalue weighted by molar-refractivity contribution is 7.86. The smallest absolute Gasteiger partial charge is 0.368 e. The van der Waals surface area contributed by atoms with Crippen molar-refractivity contribution in [2.45, 2.75) is 30.4 Å². The van der Waals surface area contributed by atoms with Crippen molar-refractivity contribution < 1.29 is 30.6 Å². The molecule has 0 bridgehead atoms. The van der Waals surface area contributed by atoms with E-state index in [1.54, 1.807) is 13.8 Å². The van der Waals surface area contributed by atoms with Crippen LogP contribution >= 0.6 is 23.2 Å². The molecule has 2 rings (SSSR count). The Kier molecular flexibility index (Phi) is 7.59. The van der Waals surface area contributed by atoms with Crippen molar-refractivity contribution in [3.8, 4) is 11.8 Å². The quantitative estimate of drug-likeness (QED) is 0.358. The Bertz CT molecular complexity index is 1100. The molecule has 32 heavy (non-hydrogen) atoms. The van der Waals surface area contributed by atoms with Crippen LogP contribution in [0.25, 0.3) is 5.69 Å². The van der Waals surface area contributed by atoms with Crippen LogP contribution in [0.5, 0.6) is 0 Å².